The molecule has 1 aliphatic rings. The summed E-state index contributed by atoms with van der Waals surface area (Å²) in [6, 6.07) is 2.17. The van der Waals surface area contributed by atoms with Crippen LogP contribution in [0, 0.1) is 0 Å². The lowest BCUT2D eigenvalue weighted by atomic mass is 10.1. The molecule has 0 bridgehead atoms. The van der Waals surface area contributed by atoms with E-state index in [0.717, 1.165) is 31.2 Å². The molecular formula is C12H20N4O. The van der Waals surface area contributed by atoms with Crippen molar-refractivity contribution >= 4 is 11.8 Å². The van der Waals surface area contributed by atoms with E-state index in [0.29, 0.717) is 6.10 Å². The third-order valence-corrected chi connectivity index (χ3v) is 2.94. The number of ether oxygens (including phenoxy) is 1. The highest BCUT2D eigenvalue weighted by Crippen LogP contribution is 2.18. The van der Waals surface area contributed by atoms with Crippen LogP contribution >= 0.6 is 0 Å². The Labute approximate surface area is 102 Å². The van der Waals surface area contributed by atoms with E-state index in [4.69, 9.17) is 4.74 Å². The maximum absolute atomic E-state index is 5.65. The molecule has 1 N–H and O–H groups in total. The Morgan fingerprint density at radius 3 is 3.00 bits per heavy atom. The molecule has 5 heteroatoms. The SMILES string of the molecule is CC(Nc1ccnc(N(C)C)n1)C1CCCO1. The van der Waals surface area contributed by atoms with Crippen LogP contribution in [-0.2, 0) is 4.74 Å². The van der Waals surface area contributed by atoms with Crippen molar-refractivity contribution in [2.75, 3.05) is 30.9 Å². The first-order chi connectivity index (χ1) is 8.16. The quantitative estimate of drug-likeness (QED) is 0.859. The highest BCUT2D eigenvalue weighted by atomic mass is 16.5. The van der Waals surface area contributed by atoms with Gasteiger partial charge in [-0.05, 0) is 25.8 Å². The van der Waals surface area contributed by atoms with Crippen LogP contribution in [0.1, 0.15) is 19.8 Å². The normalized spacial score (nSPS) is 21.2. The van der Waals surface area contributed by atoms with Crippen LogP contribution in [0.5, 0.6) is 0 Å². The fourth-order valence-corrected chi connectivity index (χ4v) is 1.97. The maximum Gasteiger partial charge on any atom is 0.226 e. The van der Waals surface area contributed by atoms with Crippen molar-refractivity contribution in [3.63, 3.8) is 0 Å². The molecule has 2 atom stereocenters. The second-order valence-corrected chi connectivity index (χ2v) is 4.62. The number of nitrogens with zero attached hydrogens (tertiary/aromatic N) is 3. The molecule has 0 radical (unpaired) electrons. The Bertz CT molecular complexity index is 363. The molecule has 0 amide bonds. The van der Waals surface area contributed by atoms with Crippen molar-refractivity contribution in [2.45, 2.75) is 31.9 Å². The van der Waals surface area contributed by atoms with Crippen LogP contribution < -0.4 is 10.2 Å². The Morgan fingerprint density at radius 1 is 1.53 bits per heavy atom. The number of hydrogen-bond acceptors (Lipinski definition) is 5. The van der Waals surface area contributed by atoms with Gasteiger partial charge >= 0.3 is 0 Å². The Kier molecular flexibility index (Phi) is 3.78. The molecule has 0 saturated carbocycles. The molecule has 1 aromatic rings. The van der Waals surface area contributed by atoms with E-state index in [1.807, 2.05) is 25.1 Å². The number of nitrogens with one attached hydrogen (secondary N) is 1. The summed E-state index contributed by atoms with van der Waals surface area (Å²) in [5.41, 5.74) is 0. The predicted molar refractivity (Wildman–Crippen MR) is 68.4 cm³/mol. The van der Waals surface area contributed by atoms with Gasteiger partial charge in [0, 0.05) is 26.9 Å². The van der Waals surface area contributed by atoms with Gasteiger partial charge in [0.1, 0.15) is 5.82 Å². The zero-order valence-electron chi connectivity index (χ0n) is 10.7. The van der Waals surface area contributed by atoms with Crippen molar-refractivity contribution in [1.29, 1.82) is 0 Å². The number of hydrogen-bond donors (Lipinski definition) is 1. The summed E-state index contributed by atoms with van der Waals surface area (Å²) >= 11 is 0. The lowest BCUT2D eigenvalue weighted by molar-refractivity contribution is 0.0995. The molecule has 1 aliphatic heterocycles. The molecule has 17 heavy (non-hydrogen) atoms. The molecule has 1 fully saturated rings. The summed E-state index contributed by atoms with van der Waals surface area (Å²) in [4.78, 5) is 10.5. The predicted octanol–water partition coefficient (Wildman–Crippen LogP) is 1.52. The fraction of sp³-hybridized carbons (Fsp3) is 0.667. The first-order valence-corrected chi connectivity index (χ1v) is 6.05. The van der Waals surface area contributed by atoms with Crippen molar-refractivity contribution in [3.05, 3.63) is 12.3 Å². The second kappa shape index (κ2) is 5.31. The minimum atomic E-state index is 0.280. The summed E-state index contributed by atoms with van der Waals surface area (Å²) in [5.74, 6) is 1.57. The van der Waals surface area contributed by atoms with Gasteiger partial charge in [-0.1, -0.05) is 0 Å². The number of rotatable bonds is 4. The van der Waals surface area contributed by atoms with E-state index in [9.17, 15) is 0 Å². The lowest BCUT2D eigenvalue weighted by Crippen LogP contribution is -2.30. The van der Waals surface area contributed by atoms with E-state index < -0.39 is 0 Å². The smallest absolute Gasteiger partial charge is 0.226 e. The minimum absolute atomic E-state index is 0.280. The average Bonchev–Trinajstić information content (AvgIpc) is 2.82. The highest BCUT2D eigenvalue weighted by Gasteiger charge is 2.22. The van der Waals surface area contributed by atoms with E-state index in [2.05, 4.69) is 22.2 Å². The van der Waals surface area contributed by atoms with Crippen molar-refractivity contribution in [1.82, 2.24) is 9.97 Å². The fourth-order valence-electron chi connectivity index (χ4n) is 1.97. The van der Waals surface area contributed by atoms with Gasteiger partial charge in [0.05, 0.1) is 12.1 Å². The standard InChI is InChI=1S/C12H20N4O/c1-9(10-5-4-8-17-10)14-11-6-7-13-12(15-11)16(2)3/h6-7,9-10H,4-5,8H2,1-3H3,(H,13,14,15). The molecule has 1 saturated heterocycles. The van der Waals surface area contributed by atoms with Crippen LogP contribution in [0.2, 0.25) is 0 Å². The molecule has 0 aromatic carbocycles. The average molecular weight is 236 g/mol. The molecule has 2 rings (SSSR count). The monoisotopic (exact) mass is 236 g/mol. The number of anilines is 2. The molecule has 2 heterocycles. The van der Waals surface area contributed by atoms with Gasteiger partial charge in [0.15, 0.2) is 0 Å². The molecule has 2 unspecified atom stereocenters. The first-order valence-electron chi connectivity index (χ1n) is 6.05. The Hall–Kier alpha value is -1.36. The molecule has 0 spiro atoms. The molecule has 94 valence electrons. The lowest BCUT2D eigenvalue weighted by Gasteiger charge is -2.21. The van der Waals surface area contributed by atoms with E-state index in [1.165, 1.54) is 0 Å². The minimum Gasteiger partial charge on any atom is -0.376 e. The topological polar surface area (TPSA) is 50.3 Å². The summed E-state index contributed by atoms with van der Waals surface area (Å²) in [6.45, 7) is 3.01. The van der Waals surface area contributed by atoms with E-state index >= 15 is 0 Å². The van der Waals surface area contributed by atoms with Gasteiger partial charge in [-0.15, -0.1) is 0 Å². The highest BCUT2D eigenvalue weighted by molar-refractivity contribution is 5.41. The van der Waals surface area contributed by atoms with E-state index in [1.54, 1.807) is 6.20 Å². The van der Waals surface area contributed by atoms with Gasteiger partial charge in [-0.25, -0.2) is 4.98 Å². The molecular weight excluding hydrogens is 216 g/mol. The zero-order chi connectivity index (χ0) is 12.3. The third kappa shape index (κ3) is 3.06. The van der Waals surface area contributed by atoms with E-state index in [-0.39, 0.29) is 6.04 Å². The van der Waals surface area contributed by atoms with Gasteiger partial charge in [-0.3, -0.25) is 0 Å². The summed E-state index contributed by atoms with van der Waals surface area (Å²) in [5, 5.41) is 3.38. The first kappa shape index (κ1) is 12.1. The van der Waals surface area contributed by atoms with Crippen LogP contribution in [0.15, 0.2) is 12.3 Å². The Balaban J connectivity index is 1.99. The molecule has 0 aliphatic carbocycles. The van der Waals surface area contributed by atoms with Crippen molar-refractivity contribution < 1.29 is 4.74 Å². The summed E-state index contributed by atoms with van der Waals surface area (Å²) in [7, 11) is 3.87. The molecule has 1 aromatic heterocycles. The van der Waals surface area contributed by atoms with Gasteiger partial charge in [0.25, 0.3) is 0 Å². The van der Waals surface area contributed by atoms with Gasteiger partial charge < -0.3 is 15.0 Å². The maximum atomic E-state index is 5.65. The van der Waals surface area contributed by atoms with Crippen molar-refractivity contribution in [3.8, 4) is 0 Å². The largest absolute Gasteiger partial charge is 0.376 e. The van der Waals surface area contributed by atoms with Gasteiger partial charge in [0.2, 0.25) is 5.95 Å². The third-order valence-electron chi connectivity index (χ3n) is 2.94. The summed E-state index contributed by atoms with van der Waals surface area (Å²) in [6.07, 6.45) is 4.35. The van der Waals surface area contributed by atoms with Crippen molar-refractivity contribution in [2.24, 2.45) is 0 Å². The van der Waals surface area contributed by atoms with Gasteiger partial charge in [-0.2, -0.15) is 4.98 Å². The second-order valence-electron chi connectivity index (χ2n) is 4.62. The Morgan fingerprint density at radius 2 is 2.35 bits per heavy atom. The summed E-state index contributed by atoms with van der Waals surface area (Å²) < 4.78 is 5.65. The van der Waals surface area contributed by atoms with Crippen LogP contribution in [-0.4, -0.2) is 42.8 Å². The van der Waals surface area contributed by atoms with Crippen LogP contribution in [0.4, 0.5) is 11.8 Å². The van der Waals surface area contributed by atoms with Crippen LogP contribution in [0.25, 0.3) is 0 Å². The number of aromatic nitrogens is 2. The molecule has 5 nitrogen and oxygen atoms in total. The zero-order valence-corrected chi connectivity index (χ0v) is 10.7. The van der Waals surface area contributed by atoms with Crippen LogP contribution in [0.3, 0.4) is 0 Å².